The normalized spacial score (nSPS) is 15.3. The van der Waals surface area contributed by atoms with Gasteiger partial charge in [-0.2, -0.15) is 13.2 Å². The molecule has 0 fully saturated rings. The molecule has 7 aromatic rings. The molecule has 0 N–H and O–H groups in total. The fourth-order valence-corrected chi connectivity index (χ4v) is 7.41. The van der Waals surface area contributed by atoms with E-state index in [1.165, 1.54) is 25.2 Å². The number of nitrogens with zero attached hydrogens (tertiary/aromatic N) is 4. The summed E-state index contributed by atoms with van der Waals surface area (Å²) in [5.41, 5.74) is -0.824. The summed E-state index contributed by atoms with van der Waals surface area (Å²) < 4.78 is 51.1. The molecule has 9 rings (SSSR count). The Hall–Kier alpha value is -6.95. The van der Waals surface area contributed by atoms with Crippen LogP contribution in [0.25, 0.3) is 44.5 Å². The van der Waals surface area contributed by atoms with E-state index in [1.54, 1.807) is 30.3 Å². The molecular formula is C43H27F3N4O5. The second-order valence-electron chi connectivity index (χ2n) is 14.0. The highest BCUT2D eigenvalue weighted by molar-refractivity contribution is 6.34. The number of aromatic nitrogens is 2. The summed E-state index contributed by atoms with van der Waals surface area (Å²) in [7, 11) is 1.26. The predicted octanol–water partition coefficient (Wildman–Crippen LogP) is 8.91. The average molecular weight is 737 g/mol. The highest BCUT2D eigenvalue weighted by Gasteiger charge is 2.55. The zero-order valence-corrected chi connectivity index (χ0v) is 29.4. The van der Waals surface area contributed by atoms with Crippen molar-refractivity contribution in [3.05, 3.63) is 148 Å². The summed E-state index contributed by atoms with van der Waals surface area (Å²) in [6.45, 7) is 2.98. The van der Waals surface area contributed by atoms with Gasteiger partial charge in [-0.3, -0.25) is 24.1 Å². The van der Waals surface area contributed by atoms with Crippen molar-refractivity contribution in [2.75, 3.05) is 11.9 Å². The molecule has 0 spiro atoms. The minimum atomic E-state index is -4.89. The van der Waals surface area contributed by atoms with Crippen LogP contribution in [-0.4, -0.2) is 51.9 Å². The van der Waals surface area contributed by atoms with Crippen LogP contribution in [0.5, 0.6) is 0 Å². The lowest BCUT2D eigenvalue weighted by molar-refractivity contribution is -0.173. The first-order chi connectivity index (χ1) is 26.2. The molecule has 55 heavy (non-hydrogen) atoms. The first kappa shape index (κ1) is 33.9. The van der Waals surface area contributed by atoms with Gasteiger partial charge in [0, 0.05) is 18.2 Å². The Balaban J connectivity index is 1.01. The van der Waals surface area contributed by atoms with Gasteiger partial charge in [-0.25, -0.2) is 4.90 Å². The number of anilines is 1. The third-order valence-electron chi connectivity index (χ3n) is 10.7. The average Bonchev–Trinajstić information content (AvgIpc) is 3.83. The van der Waals surface area contributed by atoms with Crippen LogP contribution in [-0.2, 0) is 5.41 Å². The van der Waals surface area contributed by atoms with E-state index >= 15 is 13.2 Å². The maximum absolute atomic E-state index is 15.0. The molecular weight excluding hydrogens is 709 g/mol. The van der Waals surface area contributed by atoms with Crippen molar-refractivity contribution in [2.45, 2.75) is 25.4 Å². The molecule has 0 radical (unpaired) electrons. The van der Waals surface area contributed by atoms with Gasteiger partial charge in [-0.05, 0) is 107 Å². The van der Waals surface area contributed by atoms with E-state index in [0.29, 0.717) is 22.7 Å². The number of carbonyl (C=O) groups excluding carboxylic acids is 4. The number of amides is 4. The highest BCUT2D eigenvalue weighted by atomic mass is 19.4. The summed E-state index contributed by atoms with van der Waals surface area (Å²) in [6.07, 6.45) is -4.89. The van der Waals surface area contributed by atoms with E-state index in [9.17, 15) is 19.2 Å². The third-order valence-corrected chi connectivity index (χ3v) is 10.7. The van der Waals surface area contributed by atoms with Crippen molar-refractivity contribution in [1.82, 2.24) is 15.1 Å². The summed E-state index contributed by atoms with van der Waals surface area (Å²) in [5, 5.41) is 12.1. The zero-order valence-electron chi connectivity index (χ0n) is 29.4. The molecule has 1 atom stereocenters. The summed E-state index contributed by atoms with van der Waals surface area (Å²) in [4.78, 5) is 54.3. The van der Waals surface area contributed by atoms with E-state index in [0.717, 1.165) is 62.2 Å². The van der Waals surface area contributed by atoms with Gasteiger partial charge >= 0.3 is 6.18 Å². The molecule has 2 aliphatic rings. The van der Waals surface area contributed by atoms with Gasteiger partial charge in [0.25, 0.3) is 23.6 Å². The van der Waals surface area contributed by atoms with E-state index < -0.39 is 35.2 Å². The lowest BCUT2D eigenvalue weighted by Crippen LogP contribution is -2.41. The fourth-order valence-electron chi connectivity index (χ4n) is 7.41. The molecule has 2 aliphatic heterocycles. The number of fused-ring (bicyclic) bond motifs is 4. The van der Waals surface area contributed by atoms with Gasteiger partial charge in [-0.1, -0.05) is 54.1 Å². The van der Waals surface area contributed by atoms with Gasteiger partial charge < -0.3 is 4.42 Å². The smallest absolute Gasteiger partial charge is 0.402 e. The third kappa shape index (κ3) is 5.08. The Morgan fingerprint density at radius 3 is 1.62 bits per heavy atom. The van der Waals surface area contributed by atoms with E-state index in [1.807, 2.05) is 43.3 Å². The molecule has 4 amide bonds. The molecule has 1 unspecified atom stereocenters. The van der Waals surface area contributed by atoms with Crippen LogP contribution in [0.15, 0.2) is 114 Å². The topological polar surface area (TPSA) is 114 Å². The summed E-state index contributed by atoms with van der Waals surface area (Å²) in [6, 6.07) is 29.4. The largest absolute Gasteiger partial charge is 0.416 e. The van der Waals surface area contributed by atoms with E-state index in [-0.39, 0.29) is 39.1 Å². The lowest BCUT2D eigenvalue weighted by atomic mass is 9.74. The van der Waals surface area contributed by atoms with Crippen LogP contribution in [0.4, 0.5) is 18.9 Å². The number of hydrogen-bond donors (Lipinski definition) is 0. The monoisotopic (exact) mass is 736 g/mol. The van der Waals surface area contributed by atoms with Crippen LogP contribution >= 0.6 is 0 Å². The molecule has 12 heteroatoms. The molecule has 3 heterocycles. The minimum Gasteiger partial charge on any atom is -0.416 e. The first-order valence-electron chi connectivity index (χ1n) is 17.2. The standard InChI is InChI=1S/C43H27F3N4O5/c1-22-4-5-24-17-27(8-6-23(24)16-22)36-47-48-37(55-36)28-9-7-26-19-31(13-10-25(26)18-28)50-40(53)33-15-12-30(21-35(33)41(50)54)42(2,43(44,45)46)29-11-14-32-34(20-29)39(52)49(3)38(32)51/h4-21H,1-3H3. The Bertz CT molecular complexity index is 2860. The van der Waals surface area contributed by atoms with Crippen LogP contribution in [0.2, 0.25) is 0 Å². The quantitative estimate of drug-likeness (QED) is 0.162. The zero-order chi connectivity index (χ0) is 38.6. The molecule has 0 aliphatic carbocycles. The Morgan fingerprint density at radius 2 is 1.02 bits per heavy atom. The summed E-state index contributed by atoms with van der Waals surface area (Å²) in [5.74, 6) is -2.10. The number of hydrogen-bond acceptors (Lipinski definition) is 7. The number of halogens is 3. The molecule has 0 saturated carbocycles. The Morgan fingerprint density at radius 1 is 0.545 bits per heavy atom. The highest BCUT2D eigenvalue weighted by Crippen LogP contribution is 2.48. The maximum Gasteiger partial charge on any atom is 0.402 e. The number of benzene rings is 6. The van der Waals surface area contributed by atoms with Gasteiger partial charge in [0.1, 0.15) is 5.41 Å². The van der Waals surface area contributed by atoms with Crippen molar-refractivity contribution in [1.29, 1.82) is 0 Å². The molecule has 6 aromatic carbocycles. The van der Waals surface area contributed by atoms with Gasteiger partial charge in [0.15, 0.2) is 0 Å². The number of rotatable bonds is 5. The molecule has 9 nitrogen and oxygen atoms in total. The van der Waals surface area contributed by atoms with Crippen LogP contribution in [0, 0.1) is 6.92 Å². The minimum absolute atomic E-state index is 0.00792. The number of alkyl halides is 3. The van der Waals surface area contributed by atoms with Crippen LogP contribution in [0.1, 0.15) is 65.0 Å². The maximum atomic E-state index is 15.0. The first-order valence-corrected chi connectivity index (χ1v) is 17.2. The fraction of sp³-hybridized carbons (Fsp3) is 0.116. The molecule has 0 bridgehead atoms. The van der Waals surface area contributed by atoms with Crippen LogP contribution < -0.4 is 4.90 Å². The predicted molar refractivity (Wildman–Crippen MR) is 198 cm³/mol. The Kier molecular flexibility index (Phi) is 7.25. The SMILES string of the molecule is Cc1ccc2cc(-c3nnc(-c4ccc5cc(N6C(=O)c7ccc(C(C)(c8ccc9c(c8)C(=O)N(C)C9=O)C(F)(F)F)cc7C6=O)ccc5c4)o3)ccc2c1. The van der Waals surface area contributed by atoms with Crippen molar-refractivity contribution < 1.29 is 36.8 Å². The number of carbonyl (C=O) groups is 4. The molecule has 270 valence electrons. The van der Waals surface area contributed by atoms with Crippen molar-refractivity contribution >= 4 is 50.9 Å². The van der Waals surface area contributed by atoms with Crippen LogP contribution in [0.3, 0.4) is 0 Å². The molecule has 1 aromatic heterocycles. The summed E-state index contributed by atoms with van der Waals surface area (Å²) >= 11 is 0. The van der Waals surface area contributed by atoms with Gasteiger partial charge in [0.2, 0.25) is 11.8 Å². The second-order valence-corrected chi connectivity index (χ2v) is 14.0. The van der Waals surface area contributed by atoms with Gasteiger partial charge in [-0.15, -0.1) is 10.2 Å². The Labute approximate surface area is 310 Å². The van der Waals surface area contributed by atoms with Gasteiger partial charge in [0.05, 0.1) is 27.9 Å². The molecule has 0 saturated heterocycles. The number of aryl methyl sites for hydroxylation is 1. The van der Waals surface area contributed by atoms with Crippen molar-refractivity contribution in [2.24, 2.45) is 0 Å². The van der Waals surface area contributed by atoms with Crippen molar-refractivity contribution in [3.8, 4) is 22.9 Å². The van der Waals surface area contributed by atoms with Crippen molar-refractivity contribution in [3.63, 3.8) is 0 Å². The van der Waals surface area contributed by atoms with E-state index in [4.69, 9.17) is 4.42 Å². The number of imide groups is 2. The van der Waals surface area contributed by atoms with E-state index in [2.05, 4.69) is 16.3 Å². The second kappa shape index (κ2) is 11.8. The lowest BCUT2D eigenvalue weighted by Gasteiger charge is -2.33.